The van der Waals surface area contributed by atoms with Gasteiger partial charge in [-0.1, -0.05) is 84.9 Å². The molecule has 0 atom stereocenters. The molecule has 0 fully saturated rings. The van der Waals surface area contributed by atoms with Crippen molar-refractivity contribution in [1.82, 2.24) is 0 Å². The Labute approximate surface area is 421 Å². The summed E-state index contributed by atoms with van der Waals surface area (Å²) in [6, 6.07) is 45.7. The van der Waals surface area contributed by atoms with Crippen molar-refractivity contribution in [2.24, 2.45) is 0 Å². The van der Waals surface area contributed by atoms with Crippen LogP contribution in [0.1, 0.15) is 5.56 Å². The molecule has 0 aliphatic heterocycles. The van der Waals surface area contributed by atoms with Crippen molar-refractivity contribution in [3.05, 3.63) is 249 Å². The number of hydrogen-bond acceptors (Lipinski definition) is 2. The van der Waals surface area contributed by atoms with Crippen LogP contribution in [-0.2, 0) is 0 Å². The molecule has 0 aliphatic carbocycles. The van der Waals surface area contributed by atoms with Gasteiger partial charge in [-0.2, -0.15) is 10.5 Å². The van der Waals surface area contributed by atoms with Gasteiger partial charge in [-0.15, -0.1) is 21.9 Å². The minimum Gasteiger partial charge on any atom is -0.207 e. The first-order valence-corrected chi connectivity index (χ1v) is 23.3. The van der Waals surface area contributed by atoms with E-state index in [1.807, 2.05) is 48.5 Å². The summed E-state index contributed by atoms with van der Waals surface area (Å²) in [6.45, 7) is 0. The topological polar surface area (TPSA) is 47.6 Å². The third kappa shape index (κ3) is 9.11. The highest BCUT2D eigenvalue weighted by atomic mass is 31.2. The molecular formula is C53H22BF20N2P. The Morgan fingerprint density at radius 2 is 0.494 bits per heavy atom. The minimum absolute atomic E-state index is 0.170. The average molecular weight is 1110 g/mol. The van der Waals surface area contributed by atoms with Gasteiger partial charge < -0.3 is 0 Å². The fraction of sp³-hybridized carbons (Fsp3) is 0.0189. The van der Waals surface area contributed by atoms with E-state index in [4.69, 9.17) is 0 Å². The summed E-state index contributed by atoms with van der Waals surface area (Å²) in [7, 11) is -2.22. The first-order valence-electron chi connectivity index (χ1n) is 21.4. The SMILES string of the molecule is Fc1c(F)c(F)c([B-](c2c(F)c(F)c(F)c(F)c2F)(c2c(F)c(F)c(F)c(F)c2F)c2c(F)c(F)c(F)c(F)c2F)c(F)c1F.N#CC(C#N)=C(C[P+](c1ccccc1)(c1ccccc1)c1ccccc1)c1ccccc1. The van der Waals surface area contributed by atoms with E-state index in [1.54, 1.807) is 0 Å². The largest absolute Gasteiger partial charge is 0.207 e. The molecule has 2 nitrogen and oxygen atoms in total. The summed E-state index contributed by atoms with van der Waals surface area (Å²) < 4.78 is 294. The molecule has 392 valence electrons. The lowest BCUT2D eigenvalue weighted by Gasteiger charge is -2.44. The predicted octanol–water partition coefficient (Wildman–Crippen LogP) is 11.3. The lowest BCUT2D eigenvalue weighted by atomic mass is 9.12. The highest BCUT2D eigenvalue weighted by Gasteiger charge is 2.53. The molecule has 0 heterocycles. The van der Waals surface area contributed by atoms with Gasteiger partial charge in [0.25, 0.3) is 0 Å². The van der Waals surface area contributed by atoms with Crippen LogP contribution in [0.5, 0.6) is 0 Å². The second-order valence-electron chi connectivity index (χ2n) is 16.2. The fourth-order valence-electron chi connectivity index (χ4n) is 8.99. The molecule has 0 N–H and O–H groups in total. The molecule has 0 amide bonds. The van der Waals surface area contributed by atoms with Gasteiger partial charge in [-0.25, -0.2) is 87.8 Å². The van der Waals surface area contributed by atoms with Gasteiger partial charge in [0.15, 0.2) is 69.8 Å². The van der Waals surface area contributed by atoms with Crippen LogP contribution in [0.2, 0.25) is 0 Å². The molecule has 0 unspecified atom stereocenters. The number of halogens is 20. The maximum Gasteiger partial charge on any atom is 0.200 e. The first kappa shape index (κ1) is 56.3. The Hall–Kier alpha value is -8.43. The van der Waals surface area contributed by atoms with E-state index in [-0.39, 0.29) is 5.57 Å². The zero-order valence-electron chi connectivity index (χ0n) is 37.7. The van der Waals surface area contributed by atoms with Crippen molar-refractivity contribution in [3.63, 3.8) is 0 Å². The molecule has 0 bridgehead atoms. The van der Waals surface area contributed by atoms with E-state index >= 15 is 35.1 Å². The predicted molar refractivity (Wildman–Crippen MR) is 244 cm³/mol. The second-order valence-corrected chi connectivity index (χ2v) is 19.7. The Bertz CT molecular complexity index is 3250. The van der Waals surface area contributed by atoms with Gasteiger partial charge in [0.1, 0.15) is 99.7 Å². The molecule has 0 saturated carbocycles. The molecule has 0 saturated heterocycles. The number of allylic oxidation sites excluding steroid dienone is 2. The Morgan fingerprint density at radius 1 is 0.299 bits per heavy atom. The summed E-state index contributed by atoms with van der Waals surface area (Å²) in [5, 5.41) is 23.4. The molecule has 8 aromatic rings. The van der Waals surface area contributed by atoms with Crippen molar-refractivity contribution in [2.75, 3.05) is 6.16 Å². The lowest BCUT2D eigenvalue weighted by Crippen LogP contribution is -2.81. The van der Waals surface area contributed by atoms with Crippen LogP contribution in [0.3, 0.4) is 0 Å². The van der Waals surface area contributed by atoms with Crippen molar-refractivity contribution in [2.45, 2.75) is 0 Å². The second kappa shape index (κ2) is 22.0. The van der Waals surface area contributed by atoms with Gasteiger partial charge in [0.05, 0.1) is 0 Å². The van der Waals surface area contributed by atoms with E-state index in [1.165, 1.54) is 15.9 Å². The summed E-state index contributed by atoms with van der Waals surface area (Å²) in [5.41, 5.74) is -12.5. The van der Waals surface area contributed by atoms with Gasteiger partial charge in [0, 0.05) is 5.57 Å². The molecule has 0 aromatic heterocycles. The fourth-order valence-corrected chi connectivity index (χ4v) is 13.3. The summed E-state index contributed by atoms with van der Waals surface area (Å²) in [5.74, 6) is -71.4. The standard InChI is InChI=1S/C29H22N2P.C24BF20/c30-21-25(22-31)29(24-13-5-1-6-14-24)23-32(26-15-7-2-8-16-26,27-17-9-3-10-18-27)28-19-11-4-12-20-28;26-5-1(6(27)14(35)21(42)13(5)34)25(2-7(28)15(36)22(43)16(37)8(2)29,3-9(30)17(38)23(44)18(39)10(3)31)4-11(32)19(40)24(45)20(41)12(4)33/h1-20H,23H2;/q+1;-1. The zero-order valence-corrected chi connectivity index (χ0v) is 38.6. The van der Waals surface area contributed by atoms with Crippen LogP contribution in [0.25, 0.3) is 5.57 Å². The van der Waals surface area contributed by atoms with Crippen molar-refractivity contribution < 1.29 is 87.8 Å². The highest BCUT2D eigenvalue weighted by molar-refractivity contribution is 7.96. The van der Waals surface area contributed by atoms with E-state index in [0.717, 1.165) is 11.1 Å². The van der Waals surface area contributed by atoms with E-state index in [0.29, 0.717) is 6.16 Å². The molecule has 24 heteroatoms. The number of rotatable bonds is 10. The molecule has 8 aromatic carbocycles. The summed E-state index contributed by atoms with van der Waals surface area (Å²) in [4.78, 5) is 0. The smallest absolute Gasteiger partial charge is 0.200 e. The maximum absolute atomic E-state index is 15.4. The van der Waals surface area contributed by atoms with Crippen LogP contribution in [0, 0.1) is 139 Å². The van der Waals surface area contributed by atoms with E-state index < -0.39 is 152 Å². The third-order valence-corrected chi connectivity index (χ3v) is 16.7. The lowest BCUT2D eigenvalue weighted by molar-refractivity contribution is 0.378. The van der Waals surface area contributed by atoms with Crippen molar-refractivity contribution in [1.29, 1.82) is 10.5 Å². The highest BCUT2D eigenvalue weighted by Crippen LogP contribution is 2.58. The molecule has 0 aliphatic rings. The molecular weight excluding hydrogens is 1090 g/mol. The quantitative estimate of drug-likeness (QED) is 0.0342. The molecule has 0 radical (unpaired) electrons. The number of nitrogens with zero attached hydrogens (tertiary/aromatic N) is 2. The number of benzene rings is 8. The van der Waals surface area contributed by atoms with Crippen LogP contribution in [0.4, 0.5) is 87.8 Å². The van der Waals surface area contributed by atoms with Gasteiger partial charge in [-0.05, 0) is 42.0 Å². The monoisotopic (exact) mass is 1110 g/mol. The van der Waals surface area contributed by atoms with Crippen LogP contribution in [-0.4, -0.2) is 12.3 Å². The van der Waals surface area contributed by atoms with Crippen molar-refractivity contribution >= 4 is 56.7 Å². The van der Waals surface area contributed by atoms with Crippen LogP contribution in [0.15, 0.2) is 127 Å². The van der Waals surface area contributed by atoms with Crippen molar-refractivity contribution in [3.8, 4) is 12.1 Å². The zero-order chi connectivity index (χ0) is 56.6. The van der Waals surface area contributed by atoms with Crippen LogP contribution < -0.4 is 37.8 Å². The Kier molecular flexibility index (Phi) is 16.1. The number of hydrogen-bond donors (Lipinski definition) is 0. The Morgan fingerprint density at radius 3 is 0.701 bits per heavy atom. The minimum atomic E-state index is -7.22. The van der Waals surface area contributed by atoms with Gasteiger partial charge in [-0.3, -0.25) is 0 Å². The van der Waals surface area contributed by atoms with Gasteiger partial charge in [0.2, 0.25) is 0 Å². The summed E-state index contributed by atoms with van der Waals surface area (Å²) >= 11 is 0. The van der Waals surface area contributed by atoms with Crippen LogP contribution >= 0.6 is 7.26 Å². The first-order chi connectivity index (χ1) is 36.5. The molecule has 8 rings (SSSR count). The third-order valence-electron chi connectivity index (χ3n) is 12.3. The molecule has 77 heavy (non-hydrogen) atoms. The molecule has 0 spiro atoms. The average Bonchev–Trinajstić information content (AvgIpc) is 3.49. The number of nitriles is 2. The Balaban J connectivity index is 0.000000236. The van der Waals surface area contributed by atoms with Gasteiger partial charge >= 0.3 is 0 Å². The normalized spacial score (nSPS) is 11.4. The van der Waals surface area contributed by atoms with E-state index in [2.05, 4.69) is 84.9 Å². The van der Waals surface area contributed by atoms with E-state index in [9.17, 15) is 63.2 Å². The summed E-state index contributed by atoms with van der Waals surface area (Å²) in [6.07, 6.45) is -6.63. The maximum atomic E-state index is 15.4.